The smallest absolute Gasteiger partial charge is 0.119 e. The second-order valence-corrected chi connectivity index (χ2v) is 4.04. The van der Waals surface area contributed by atoms with E-state index in [0.717, 1.165) is 17.7 Å². The van der Waals surface area contributed by atoms with Gasteiger partial charge in [0, 0.05) is 13.2 Å². The van der Waals surface area contributed by atoms with Crippen molar-refractivity contribution in [3.63, 3.8) is 0 Å². The van der Waals surface area contributed by atoms with Crippen LogP contribution in [0.15, 0.2) is 24.3 Å². The van der Waals surface area contributed by atoms with E-state index in [0.29, 0.717) is 26.4 Å². The van der Waals surface area contributed by atoms with Gasteiger partial charge in [-0.05, 0) is 24.1 Å². The van der Waals surface area contributed by atoms with E-state index in [9.17, 15) is 0 Å². The van der Waals surface area contributed by atoms with E-state index < -0.39 is 0 Å². The third-order valence-corrected chi connectivity index (χ3v) is 2.68. The van der Waals surface area contributed by atoms with Crippen molar-refractivity contribution in [1.82, 2.24) is 0 Å². The van der Waals surface area contributed by atoms with Crippen LogP contribution < -0.4 is 10.5 Å². The van der Waals surface area contributed by atoms with Crippen molar-refractivity contribution in [2.24, 2.45) is 5.73 Å². The van der Waals surface area contributed by atoms with Crippen molar-refractivity contribution < 1.29 is 14.2 Å². The van der Waals surface area contributed by atoms with Gasteiger partial charge in [-0.15, -0.1) is 0 Å². The minimum atomic E-state index is 0.108. The Bertz CT molecular complexity index is 313. The Morgan fingerprint density at radius 1 is 1.06 bits per heavy atom. The molecule has 0 aliphatic carbocycles. The van der Waals surface area contributed by atoms with Crippen LogP contribution in [0.5, 0.6) is 5.75 Å². The molecule has 0 saturated carbocycles. The molecule has 0 unspecified atom stereocenters. The molecular formula is C14H23NO3. The molecule has 0 amide bonds. The lowest BCUT2D eigenvalue weighted by Crippen LogP contribution is -2.10. The zero-order valence-corrected chi connectivity index (χ0v) is 11.2. The molecule has 1 aromatic rings. The van der Waals surface area contributed by atoms with Gasteiger partial charge in [0.2, 0.25) is 0 Å². The van der Waals surface area contributed by atoms with E-state index in [2.05, 4.69) is 6.92 Å². The highest BCUT2D eigenvalue weighted by Crippen LogP contribution is 2.18. The van der Waals surface area contributed by atoms with Crippen LogP contribution in [0, 0.1) is 0 Å². The zero-order chi connectivity index (χ0) is 13.2. The molecule has 1 rings (SSSR count). The van der Waals surface area contributed by atoms with Gasteiger partial charge >= 0.3 is 0 Å². The van der Waals surface area contributed by atoms with Crippen molar-refractivity contribution >= 4 is 0 Å². The average Bonchev–Trinajstić information content (AvgIpc) is 2.42. The van der Waals surface area contributed by atoms with Crippen LogP contribution in [-0.4, -0.2) is 33.5 Å². The number of hydrogen-bond donors (Lipinski definition) is 1. The fraction of sp³-hybridized carbons (Fsp3) is 0.571. The molecule has 0 saturated heterocycles. The summed E-state index contributed by atoms with van der Waals surface area (Å²) >= 11 is 0. The van der Waals surface area contributed by atoms with Gasteiger partial charge in [0.1, 0.15) is 12.4 Å². The molecule has 4 nitrogen and oxygen atoms in total. The maximum absolute atomic E-state index is 5.94. The molecule has 0 aromatic heterocycles. The first-order valence-corrected chi connectivity index (χ1v) is 6.33. The summed E-state index contributed by atoms with van der Waals surface area (Å²) < 4.78 is 15.7. The molecule has 0 radical (unpaired) electrons. The number of hydrogen-bond acceptors (Lipinski definition) is 4. The number of ether oxygens (including phenoxy) is 3. The van der Waals surface area contributed by atoms with E-state index in [1.807, 2.05) is 24.3 Å². The Morgan fingerprint density at radius 3 is 2.33 bits per heavy atom. The molecule has 102 valence electrons. The highest BCUT2D eigenvalue weighted by atomic mass is 16.5. The van der Waals surface area contributed by atoms with Crippen LogP contribution in [0.4, 0.5) is 0 Å². The van der Waals surface area contributed by atoms with Crippen molar-refractivity contribution in [1.29, 1.82) is 0 Å². The molecule has 4 heteroatoms. The van der Waals surface area contributed by atoms with Gasteiger partial charge in [0.15, 0.2) is 0 Å². The molecule has 0 fully saturated rings. The van der Waals surface area contributed by atoms with Crippen LogP contribution in [0.2, 0.25) is 0 Å². The van der Waals surface area contributed by atoms with Crippen molar-refractivity contribution in [2.75, 3.05) is 33.5 Å². The topological polar surface area (TPSA) is 53.7 Å². The maximum Gasteiger partial charge on any atom is 0.119 e. The molecule has 1 aromatic carbocycles. The second-order valence-electron chi connectivity index (χ2n) is 4.04. The Balaban J connectivity index is 2.22. The predicted molar refractivity (Wildman–Crippen MR) is 71.9 cm³/mol. The average molecular weight is 253 g/mol. The van der Waals surface area contributed by atoms with Gasteiger partial charge in [-0.1, -0.05) is 19.1 Å². The monoisotopic (exact) mass is 253 g/mol. The zero-order valence-electron chi connectivity index (χ0n) is 11.2. The van der Waals surface area contributed by atoms with Crippen molar-refractivity contribution in [3.8, 4) is 5.75 Å². The first-order valence-electron chi connectivity index (χ1n) is 6.33. The van der Waals surface area contributed by atoms with Gasteiger partial charge in [-0.2, -0.15) is 0 Å². The van der Waals surface area contributed by atoms with Crippen LogP contribution in [0.25, 0.3) is 0 Å². The third kappa shape index (κ3) is 5.49. The van der Waals surface area contributed by atoms with Crippen LogP contribution in [0.1, 0.15) is 24.9 Å². The van der Waals surface area contributed by atoms with E-state index in [1.165, 1.54) is 0 Å². The van der Waals surface area contributed by atoms with E-state index in [4.69, 9.17) is 19.9 Å². The summed E-state index contributed by atoms with van der Waals surface area (Å²) in [5.74, 6) is 0.845. The second kappa shape index (κ2) is 8.91. The van der Waals surface area contributed by atoms with Gasteiger partial charge < -0.3 is 19.9 Å². The quantitative estimate of drug-likeness (QED) is 0.685. The summed E-state index contributed by atoms with van der Waals surface area (Å²) in [5.41, 5.74) is 7.08. The van der Waals surface area contributed by atoms with Gasteiger partial charge in [-0.3, -0.25) is 0 Å². The third-order valence-electron chi connectivity index (χ3n) is 2.68. The highest BCUT2D eigenvalue weighted by Gasteiger charge is 2.02. The van der Waals surface area contributed by atoms with Gasteiger partial charge in [0.05, 0.1) is 19.8 Å². The summed E-state index contributed by atoms with van der Waals surface area (Å²) in [6, 6.07) is 8.02. The molecule has 0 aliphatic rings. The fourth-order valence-corrected chi connectivity index (χ4v) is 1.51. The standard InChI is InChI=1S/C14H23NO3/c1-3-14(15)12-4-6-13(7-5-12)18-11-10-17-9-8-16-2/h4-7,14H,3,8-11,15H2,1-2H3/t14-/m0/s1. The minimum absolute atomic E-state index is 0.108. The molecular weight excluding hydrogens is 230 g/mol. The van der Waals surface area contributed by atoms with Crippen LogP contribution in [0.3, 0.4) is 0 Å². The molecule has 0 aliphatic heterocycles. The summed E-state index contributed by atoms with van der Waals surface area (Å²) in [6.07, 6.45) is 0.938. The molecule has 0 spiro atoms. The Kier molecular flexibility index (Phi) is 7.41. The minimum Gasteiger partial charge on any atom is -0.491 e. The lowest BCUT2D eigenvalue weighted by molar-refractivity contribution is 0.0544. The van der Waals surface area contributed by atoms with E-state index >= 15 is 0 Å². The molecule has 18 heavy (non-hydrogen) atoms. The molecule has 0 bridgehead atoms. The number of methoxy groups -OCH3 is 1. The van der Waals surface area contributed by atoms with Crippen molar-refractivity contribution in [2.45, 2.75) is 19.4 Å². The first-order chi connectivity index (χ1) is 8.77. The lowest BCUT2D eigenvalue weighted by atomic mass is 10.1. The number of rotatable bonds is 9. The highest BCUT2D eigenvalue weighted by molar-refractivity contribution is 5.28. The maximum atomic E-state index is 5.94. The van der Waals surface area contributed by atoms with Crippen LogP contribution >= 0.6 is 0 Å². The summed E-state index contributed by atoms with van der Waals surface area (Å²) in [4.78, 5) is 0. The molecule has 1 atom stereocenters. The molecule has 0 heterocycles. The normalized spacial score (nSPS) is 12.4. The Hall–Kier alpha value is -1.10. The fourth-order valence-electron chi connectivity index (χ4n) is 1.51. The number of benzene rings is 1. The summed E-state index contributed by atoms with van der Waals surface area (Å²) in [5, 5.41) is 0. The first kappa shape index (κ1) is 15.0. The lowest BCUT2D eigenvalue weighted by Gasteiger charge is -2.11. The van der Waals surface area contributed by atoms with Gasteiger partial charge in [0.25, 0.3) is 0 Å². The SMILES string of the molecule is CC[C@H](N)c1ccc(OCCOCCOC)cc1. The Morgan fingerprint density at radius 2 is 1.72 bits per heavy atom. The summed E-state index contributed by atoms with van der Waals surface area (Å²) in [7, 11) is 1.66. The Labute approximate surface area is 109 Å². The molecule has 2 N–H and O–H groups in total. The summed E-state index contributed by atoms with van der Waals surface area (Å²) in [6.45, 7) is 4.41. The number of nitrogens with two attached hydrogens (primary N) is 1. The predicted octanol–water partition coefficient (Wildman–Crippen LogP) is 2.14. The van der Waals surface area contributed by atoms with Crippen molar-refractivity contribution in [3.05, 3.63) is 29.8 Å². The largest absolute Gasteiger partial charge is 0.491 e. The van der Waals surface area contributed by atoms with E-state index in [-0.39, 0.29) is 6.04 Å². The van der Waals surface area contributed by atoms with Gasteiger partial charge in [-0.25, -0.2) is 0 Å². The van der Waals surface area contributed by atoms with Crippen LogP contribution in [-0.2, 0) is 9.47 Å². The van der Waals surface area contributed by atoms with E-state index in [1.54, 1.807) is 7.11 Å².